The summed E-state index contributed by atoms with van der Waals surface area (Å²) in [5, 5.41) is 3.42. The van der Waals surface area contributed by atoms with Gasteiger partial charge in [0, 0.05) is 12.8 Å². The van der Waals surface area contributed by atoms with Crippen LogP contribution in [0.15, 0.2) is 16.1 Å². The van der Waals surface area contributed by atoms with Gasteiger partial charge in [-0.05, 0) is 50.8 Å². The molecule has 1 atom stereocenters. The Balaban J connectivity index is 1.95. The molecule has 0 amide bonds. The van der Waals surface area contributed by atoms with Crippen molar-refractivity contribution >= 4 is 6.21 Å². The molecule has 13 heavy (non-hydrogen) atoms. The van der Waals surface area contributed by atoms with E-state index in [4.69, 9.17) is 0 Å². The van der Waals surface area contributed by atoms with E-state index >= 15 is 0 Å². The summed E-state index contributed by atoms with van der Waals surface area (Å²) in [6.07, 6.45) is 5.89. The molecular weight excluding hydrogens is 160 g/mol. The molecule has 0 aliphatic carbocycles. The molecule has 0 aromatic heterocycles. The first-order valence-corrected chi connectivity index (χ1v) is 5.25. The zero-order valence-corrected chi connectivity index (χ0v) is 8.34. The molecule has 2 rings (SSSR count). The fourth-order valence-corrected chi connectivity index (χ4v) is 2.19. The molecule has 0 radical (unpaired) electrons. The molecule has 0 bridgehead atoms. The van der Waals surface area contributed by atoms with Crippen molar-refractivity contribution in [3.05, 3.63) is 11.1 Å². The van der Waals surface area contributed by atoms with Gasteiger partial charge in [-0.1, -0.05) is 5.57 Å². The van der Waals surface area contributed by atoms with Crippen LogP contribution in [0.3, 0.4) is 0 Å². The number of dihydropyridines is 1. The highest BCUT2D eigenvalue weighted by Crippen LogP contribution is 2.24. The highest BCUT2D eigenvalue weighted by atomic mass is 14.9. The molecule has 0 aromatic rings. The molecular formula is C11H18N2. The van der Waals surface area contributed by atoms with Crippen LogP contribution in [-0.2, 0) is 0 Å². The third-order valence-corrected chi connectivity index (χ3v) is 3.08. The Labute approximate surface area is 80.1 Å². The molecule has 0 saturated carbocycles. The summed E-state index contributed by atoms with van der Waals surface area (Å²) in [7, 11) is 0. The minimum absolute atomic E-state index is 0.886. The molecule has 1 N–H and O–H groups in total. The lowest BCUT2D eigenvalue weighted by Gasteiger charge is -2.16. The van der Waals surface area contributed by atoms with Crippen LogP contribution in [0.5, 0.6) is 0 Å². The van der Waals surface area contributed by atoms with Crippen molar-refractivity contribution in [1.82, 2.24) is 5.32 Å². The number of rotatable bonds is 2. The summed E-state index contributed by atoms with van der Waals surface area (Å²) in [5.74, 6) is 0.886. The van der Waals surface area contributed by atoms with Crippen molar-refractivity contribution in [2.45, 2.75) is 26.2 Å². The van der Waals surface area contributed by atoms with E-state index in [1.807, 2.05) is 6.21 Å². The van der Waals surface area contributed by atoms with Crippen LogP contribution < -0.4 is 5.32 Å². The Bertz CT molecular complexity index is 234. The van der Waals surface area contributed by atoms with Gasteiger partial charge < -0.3 is 5.32 Å². The van der Waals surface area contributed by atoms with Gasteiger partial charge >= 0.3 is 0 Å². The van der Waals surface area contributed by atoms with Crippen molar-refractivity contribution < 1.29 is 0 Å². The SMILES string of the molecule is CC1=C(CC2CCNC2)CCN=C1. The third kappa shape index (κ3) is 2.19. The van der Waals surface area contributed by atoms with E-state index in [2.05, 4.69) is 17.2 Å². The lowest BCUT2D eigenvalue weighted by molar-refractivity contribution is 0.563. The van der Waals surface area contributed by atoms with Crippen LogP contribution in [0, 0.1) is 5.92 Å². The van der Waals surface area contributed by atoms with Crippen molar-refractivity contribution in [2.24, 2.45) is 10.9 Å². The fraction of sp³-hybridized carbons (Fsp3) is 0.727. The van der Waals surface area contributed by atoms with E-state index in [9.17, 15) is 0 Å². The maximum atomic E-state index is 4.28. The van der Waals surface area contributed by atoms with Crippen LogP contribution in [0.2, 0.25) is 0 Å². The molecule has 2 aliphatic rings. The van der Waals surface area contributed by atoms with Gasteiger partial charge in [0.15, 0.2) is 0 Å². The topological polar surface area (TPSA) is 24.4 Å². The summed E-state index contributed by atoms with van der Waals surface area (Å²) in [4.78, 5) is 4.28. The standard InChI is InChI=1S/C11H18N2/c1-9-7-12-5-3-11(9)6-10-2-4-13-8-10/h7,10,13H,2-6,8H2,1H3. The van der Waals surface area contributed by atoms with Gasteiger partial charge in [-0.2, -0.15) is 0 Å². The largest absolute Gasteiger partial charge is 0.316 e. The highest BCUT2D eigenvalue weighted by molar-refractivity contribution is 5.79. The monoisotopic (exact) mass is 178 g/mol. The van der Waals surface area contributed by atoms with Crippen LogP contribution >= 0.6 is 0 Å². The average Bonchev–Trinajstić information content (AvgIpc) is 2.61. The van der Waals surface area contributed by atoms with Gasteiger partial charge in [0.25, 0.3) is 0 Å². The Morgan fingerprint density at radius 3 is 3.23 bits per heavy atom. The Morgan fingerprint density at radius 2 is 2.54 bits per heavy atom. The number of allylic oxidation sites excluding steroid dienone is 1. The van der Waals surface area contributed by atoms with E-state index in [0.29, 0.717) is 0 Å². The van der Waals surface area contributed by atoms with E-state index < -0.39 is 0 Å². The quantitative estimate of drug-likeness (QED) is 0.685. The number of hydrogen-bond donors (Lipinski definition) is 1. The van der Waals surface area contributed by atoms with E-state index in [0.717, 1.165) is 12.5 Å². The van der Waals surface area contributed by atoms with Crippen LogP contribution in [0.1, 0.15) is 26.2 Å². The Morgan fingerprint density at radius 1 is 1.62 bits per heavy atom. The Hall–Kier alpha value is -0.630. The lowest BCUT2D eigenvalue weighted by Crippen LogP contribution is -2.11. The molecule has 0 aromatic carbocycles. The summed E-state index contributed by atoms with van der Waals surface area (Å²) in [5.41, 5.74) is 3.06. The smallest absolute Gasteiger partial charge is 0.0426 e. The number of nitrogens with zero attached hydrogens (tertiary/aromatic N) is 1. The predicted octanol–water partition coefficient (Wildman–Crippen LogP) is 1.78. The highest BCUT2D eigenvalue weighted by Gasteiger charge is 2.17. The van der Waals surface area contributed by atoms with Gasteiger partial charge in [0.05, 0.1) is 0 Å². The second-order valence-corrected chi connectivity index (χ2v) is 4.13. The maximum absolute atomic E-state index is 4.28. The fourth-order valence-electron chi connectivity index (χ4n) is 2.19. The second-order valence-electron chi connectivity index (χ2n) is 4.13. The van der Waals surface area contributed by atoms with Gasteiger partial charge in [0.1, 0.15) is 0 Å². The zero-order chi connectivity index (χ0) is 9.10. The van der Waals surface area contributed by atoms with Gasteiger partial charge in [-0.25, -0.2) is 0 Å². The van der Waals surface area contributed by atoms with Crippen LogP contribution in [-0.4, -0.2) is 25.8 Å². The second kappa shape index (κ2) is 4.05. The zero-order valence-electron chi connectivity index (χ0n) is 8.34. The normalized spacial score (nSPS) is 28.5. The first kappa shape index (κ1) is 8.95. The molecule has 1 fully saturated rings. The first-order valence-electron chi connectivity index (χ1n) is 5.25. The lowest BCUT2D eigenvalue weighted by atomic mass is 9.92. The molecule has 1 saturated heterocycles. The summed E-state index contributed by atoms with van der Waals surface area (Å²) in [6.45, 7) is 5.63. The molecule has 0 spiro atoms. The van der Waals surface area contributed by atoms with Gasteiger partial charge in [0.2, 0.25) is 0 Å². The third-order valence-electron chi connectivity index (χ3n) is 3.08. The first-order chi connectivity index (χ1) is 6.36. The molecule has 2 nitrogen and oxygen atoms in total. The van der Waals surface area contributed by atoms with Gasteiger partial charge in [-0.15, -0.1) is 0 Å². The molecule has 1 unspecified atom stereocenters. The van der Waals surface area contributed by atoms with Gasteiger partial charge in [-0.3, -0.25) is 4.99 Å². The van der Waals surface area contributed by atoms with Crippen LogP contribution in [0.25, 0.3) is 0 Å². The minimum Gasteiger partial charge on any atom is -0.316 e. The van der Waals surface area contributed by atoms with E-state index in [1.54, 1.807) is 5.57 Å². The number of aliphatic imine (C=N–C) groups is 1. The van der Waals surface area contributed by atoms with Crippen molar-refractivity contribution in [3.8, 4) is 0 Å². The van der Waals surface area contributed by atoms with Crippen molar-refractivity contribution in [2.75, 3.05) is 19.6 Å². The van der Waals surface area contributed by atoms with Crippen molar-refractivity contribution in [3.63, 3.8) is 0 Å². The van der Waals surface area contributed by atoms with Crippen molar-refractivity contribution in [1.29, 1.82) is 0 Å². The van der Waals surface area contributed by atoms with E-state index in [1.165, 1.54) is 37.9 Å². The number of hydrogen-bond acceptors (Lipinski definition) is 2. The Kier molecular flexibility index (Phi) is 2.79. The summed E-state index contributed by atoms with van der Waals surface area (Å²) >= 11 is 0. The molecule has 2 aliphatic heterocycles. The molecule has 2 heterocycles. The summed E-state index contributed by atoms with van der Waals surface area (Å²) < 4.78 is 0. The maximum Gasteiger partial charge on any atom is 0.0426 e. The predicted molar refractivity (Wildman–Crippen MR) is 56.3 cm³/mol. The number of nitrogens with one attached hydrogen (secondary N) is 1. The van der Waals surface area contributed by atoms with Crippen LogP contribution in [0.4, 0.5) is 0 Å². The molecule has 2 heteroatoms. The molecule has 72 valence electrons. The van der Waals surface area contributed by atoms with E-state index in [-0.39, 0.29) is 0 Å². The minimum atomic E-state index is 0.886. The summed E-state index contributed by atoms with van der Waals surface area (Å²) in [6, 6.07) is 0. The average molecular weight is 178 g/mol.